The predicted molar refractivity (Wildman–Crippen MR) is 111 cm³/mol. The van der Waals surface area contributed by atoms with Crippen LogP contribution in [0, 0.1) is 12.8 Å². The fourth-order valence-corrected chi connectivity index (χ4v) is 4.26. The van der Waals surface area contributed by atoms with Gasteiger partial charge in [-0.3, -0.25) is 9.59 Å². The molecule has 0 unspecified atom stereocenters. The van der Waals surface area contributed by atoms with Crippen molar-refractivity contribution >= 4 is 22.6 Å². The Kier molecular flexibility index (Phi) is 5.29. The molecule has 2 heterocycles. The fraction of sp³-hybridized carbons (Fsp3) is 0.333. The molecule has 1 aliphatic rings. The first-order chi connectivity index (χ1) is 13.6. The lowest BCUT2D eigenvalue weighted by Crippen LogP contribution is -2.42. The van der Waals surface area contributed by atoms with E-state index in [9.17, 15) is 9.59 Å². The molecule has 4 heteroatoms. The standard InChI is InChI=1S/C24H26N2O2/c1-17-22(20-9-5-6-10-21(20)25-17)23(27)24(28)26-15-13-19(14-16-26)12-11-18-7-3-2-4-8-18/h2-10,19,25H,11-16H2,1H3. The van der Waals surface area contributed by atoms with Gasteiger partial charge in [0.25, 0.3) is 11.7 Å². The number of para-hydroxylation sites is 1. The maximum Gasteiger partial charge on any atom is 0.295 e. The third-order valence-electron chi connectivity index (χ3n) is 5.90. The molecule has 1 amide bonds. The Hall–Kier alpha value is -2.88. The minimum absolute atomic E-state index is 0.366. The van der Waals surface area contributed by atoms with Crippen LogP contribution in [0.5, 0.6) is 0 Å². The normalized spacial score (nSPS) is 15.1. The quantitative estimate of drug-likeness (QED) is 0.527. The van der Waals surface area contributed by atoms with E-state index in [1.165, 1.54) is 5.56 Å². The number of benzene rings is 2. The molecule has 1 N–H and O–H groups in total. The number of likely N-dealkylation sites (tertiary alicyclic amines) is 1. The van der Waals surface area contributed by atoms with Crippen molar-refractivity contribution in [2.24, 2.45) is 5.92 Å². The van der Waals surface area contributed by atoms with E-state index in [0.29, 0.717) is 24.6 Å². The highest BCUT2D eigenvalue weighted by Gasteiger charge is 2.30. The molecule has 4 nitrogen and oxygen atoms in total. The molecule has 0 atom stereocenters. The van der Waals surface area contributed by atoms with Gasteiger partial charge in [-0.15, -0.1) is 0 Å². The molecular formula is C24H26N2O2. The Morgan fingerprint density at radius 2 is 1.68 bits per heavy atom. The van der Waals surface area contributed by atoms with Crippen molar-refractivity contribution in [1.82, 2.24) is 9.88 Å². The number of Topliss-reactive ketones (excluding diaryl/α,β-unsaturated/α-hetero) is 1. The highest BCUT2D eigenvalue weighted by atomic mass is 16.2. The van der Waals surface area contributed by atoms with Crippen molar-refractivity contribution in [2.75, 3.05) is 13.1 Å². The fourth-order valence-electron chi connectivity index (χ4n) is 4.26. The summed E-state index contributed by atoms with van der Waals surface area (Å²) in [7, 11) is 0. The number of nitrogens with zero attached hydrogens (tertiary/aromatic N) is 1. The number of hydrogen-bond donors (Lipinski definition) is 1. The van der Waals surface area contributed by atoms with Gasteiger partial charge in [0.1, 0.15) is 0 Å². The van der Waals surface area contributed by atoms with Gasteiger partial charge in [-0.2, -0.15) is 0 Å². The van der Waals surface area contributed by atoms with Crippen LogP contribution < -0.4 is 0 Å². The minimum atomic E-state index is -0.391. The molecule has 144 valence electrons. The molecule has 1 aromatic heterocycles. The number of hydrogen-bond acceptors (Lipinski definition) is 2. The first kappa shape index (κ1) is 18.5. The van der Waals surface area contributed by atoms with Gasteiger partial charge in [0, 0.05) is 29.7 Å². The highest BCUT2D eigenvalue weighted by molar-refractivity contribution is 6.45. The zero-order valence-corrected chi connectivity index (χ0v) is 16.3. The first-order valence-corrected chi connectivity index (χ1v) is 10.1. The number of nitrogens with one attached hydrogen (secondary N) is 1. The summed E-state index contributed by atoms with van der Waals surface area (Å²) in [6.45, 7) is 3.20. The number of amides is 1. The number of piperidine rings is 1. The highest BCUT2D eigenvalue weighted by Crippen LogP contribution is 2.26. The van der Waals surface area contributed by atoms with Crippen molar-refractivity contribution in [3.63, 3.8) is 0 Å². The monoisotopic (exact) mass is 374 g/mol. The van der Waals surface area contributed by atoms with Crippen molar-refractivity contribution in [3.8, 4) is 0 Å². The van der Waals surface area contributed by atoms with Crippen LogP contribution in [-0.4, -0.2) is 34.7 Å². The molecule has 0 radical (unpaired) electrons. The summed E-state index contributed by atoms with van der Waals surface area (Å²) in [4.78, 5) is 30.7. The summed E-state index contributed by atoms with van der Waals surface area (Å²) in [5.74, 6) is -0.138. The molecule has 4 rings (SSSR count). The molecule has 1 fully saturated rings. The average Bonchev–Trinajstić information content (AvgIpc) is 3.08. The Bertz CT molecular complexity index is 982. The molecule has 28 heavy (non-hydrogen) atoms. The largest absolute Gasteiger partial charge is 0.358 e. The number of carbonyl (C=O) groups is 2. The van der Waals surface area contributed by atoms with Crippen LogP contribution in [0.15, 0.2) is 54.6 Å². The van der Waals surface area contributed by atoms with Gasteiger partial charge >= 0.3 is 0 Å². The topological polar surface area (TPSA) is 53.2 Å². The van der Waals surface area contributed by atoms with Crippen LogP contribution in [0.2, 0.25) is 0 Å². The number of rotatable bonds is 5. The van der Waals surface area contributed by atoms with Crippen molar-refractivity contribution in [1.29, 1.82) is 0 Å². The zero-order valence-electron chi connectivity index (χ0n) is 16.3. The summed E-state index contributed by atoms with van der Waals surface area (Å²) in [6.07, 6.45) is 4.16. The molecule has 0 bridgehead atoms. The summed E-state index contributed by atoms with van der Waals surface area (Å²) in [5, 5.41) is 0.830. The lowest BCUT2D eigenvalue weighted by atomic mass is 9.90. The number of H-pyrrole nitrogens is 1. The van der Waals surface area contributed by atoms with E-state index in [4.69, 9.17) is 0 Å². The van der Waals surface area contributed by atoms with Crippen LogP contribution in [0.3, 0.4) is 0 Å². The van der Waals surface area contributed by atoms with E-state index in [0.717, 1.165) is 42.3 Å². The van der Waals surface area contributed by atoms with E-state index in [-0.39, 0.29) is 5.91 Å². The number of fused-ring (bicyclic) bond motifs is 1. The van der Waals surface area contributed by atoms with Crippen molar-refractivity contribution in [3.05, 3.63) is 71.4 Å². The summed E-state index contributed by atoms with van der Waals surface area (Å²) < 4.78 is 0. The summed E-state index contributed by atoms with van der Waals surface area (Å²) >= 11 is 0. The minimum Gasteiger partial charge on any atom is -0.358 e. The van der Waals surface area contributed by atoms with E-state index >= 15 is 0 Å². The number of aromatic nitrogens is 1. The third-order valence-corrected chi connectivity index (χ3v) is 5.90. The van der Waals surface area contributed by atoms with Gasteiger partial charge in [0.15, 0.2) is 0 Å². The molecule has 0 aliphatic carbocycles. The summed E-state index contributed by atoms with van der Waals surface area (Å²) in [5.41, 5.74) is 3.55. The molecule has 2 aromatic carbocycles. The molecule has 3 aromatic rings. The van der Waals surface area contributed by atoms with Crippen molar-refractivity contribution < 1.29 is 9.59 Å². The second-order valence-electron chi connectivity index (χ2n) is 7.76. The lowest BCUT2D eigenvalue weighted by molar-refractivity contribution is -0.127. The summed E-state index contributed by atoms with van der Waals surface area (Å²) in [6, 6.07) is 18.2. The van der Waals surface area contributed by atoms with Crippen LogP contribution in [0.1, 0.15) is 40.9 Å². The Balaban J connectivity index is 1.37. The maximum absolute atomic E-state index is 12.9. The molecule has 1 aliphatic heterocycles. The Labute approximate surface area is 165 Å². The van der Waals surface area contributed by atoms with Crippen molar-refractivity contribution in [2.45, 2.75) is 32.6 Å². The number of carbonyl (C=O) groups excluding carboxylic acids is 2. The Morgan fingerprint density at radius 1 is 1.00 bits per heavy atom. The zero-order chi connectivity index (χ0) is 19.5. The van der Waals surface area contributed by atoms with Crippen LogP contribution in [-0.2, 0) is 11.2 Å². The second kappa shape index (κ2) is 8.01. The Morgan fingerprint density at radius 3 is 2.43 bits per heavy atom. The first-order valence-electron chi connectivity index (χ1n) is 10.1. The molecule has 0 spiro atoms. The van der Waals surface area contributed by atoms with Gasteiger partial charge in [-0.1, -0.05) is 48.5 Å². The molecule has 1 saturated heterocycles. The van der Waals surface area contributed by atoms with Crippen LogP contribution >= 0.6 is 0 Å². The van der Waals surface area contributed by atoms with E-state index in [1.807, 2.05) is 37.3 Å². The van der Waals surface area contributed by atoms with Gasteiger partial charge in [0.05, 0.1) is 5.56 Å². The van der Waals surface area contributed by atoms with Gasteiger partial charge in [-0.25, -0.2) is 0 Å². The van der Waals surface area contributed by atoms with E-state index in [1.54, 1.807) is 4.90 Å². The average molecular weight is 374 g/mol. The number of ketones is 1. The van der Waals surface area contributed by atoms with E-state index < -0.39 is 5.78 Å². The third kappa shape index (κ3) is 3.72. The SMILES string of the molecule is Cc1[nH]c2ccccc2c1C(=O)C(=O)N1CCC(CCc2ccccc2)CC1. The number of aromatic amines is 1. The van der Waals surface area contributed by atoms with Crippen LogP contribution in [0.4, 0.5) is 0 Å². The smallest absolute Gasteiger partial charge is 0.295 e. The van der Waals surface area contributed by atoms with Gasteiger partial charge < -0.3 is 9.88 Å². The van der Waals surface area contributed by atoms with Gasteiger partial charge in [-0.05, 0) is 50.2 Å². The predicted octanol–water partition coefficient (Wildman–Crippen LogP) is 4.53. The molecular weight excluding hydrogens is 348 g/mol. The number of aryl methyl sites for hydroxylation is 2. The maximum atomic E-state index is 12.9. The lowest BCUT2D eigenvalue weighted by Gasteiger charge is -2.31. The second-order valence-corrected chi connectivity index (χ2v) is 7.76. The van der Waals surface area contributed by atoms with Crippen LogP contribution in [0.25, 0.3) is 10.9 Å². The van der Waals surface area contributed by atoms with Gasteiger partial charge in [0.2, 0.25) is 0 Å². The van der Waals surface area contributed by atoms with E-state index in [2.05, 4.69) is 29.2 Å². The molecule has 0 saturated carbocycles.